The molecule has 0 amide bonds. The summed E-state index contributed by atoms with van der Waals surface area (Å²) in [5.74, 6) is -0.976. The monoisotopic (exact) mass is 259 g/mol. The number of benzene rings is 1. The lowest BCUT2D eigenvalue weighted by Crippen LogP contribution is -2.31. The Morgan fingerprint density at radius 2 is 2.06 bits per heavy atom. The van der Waals surface area contributed by atoms with E-state index in [0.717, 1.165) is 0 Å². The lowest BCUT2D eigenvalue weighted by Gasteiger charge is -2.21. The average Bonchev–Trinajstić information content (AvgIpc) is 2.27. The summed E-state index contributed by atoms with van der Waals surface area (Å²) in [6, 6.07) is 6.15. The number of ether oxygens (including phenoxy) is 1. The molecule has 1 rings (SSSR count). The molecule has 0 saturated carbocycles. The fraction of sp³-hybridized carbons (Fsp3) is 0.417. The minimum Gasteiger partial charge on any atom is -0.481 e. The molecule has 0 aliphatic rings. The topological polar surface area (TPSA) is 58.6 Å². The van der Waals surface area contributed by atoms with Crippen LogP contribution in [0.25, 0.3) is 0 Å². The van der Waals surface area contributed by atoms with Crippen LogP contribution in [0.2, 0.25) is 0 Å². The maximum absolute atomic E-state index is 12.2. The van der Waals surface area contributed by atoms with Crippen LogP contribution in [-0.2, 0) is 4.79 Å². The molecule has 0 aromatic heterocycles. The second-order valence-corrected chi connectivity index (χ2v) is 4.42. The molecule has 0 saturated heterocycles. The Balaban J connectivity index is 2.76. The Labute approximate surface area is 104 Å². The van der Waals surface area contributed by atoms with Crippen molar-refractivity contribution in [1.82, 2.24) is 0 Å². The summed E-state index contributed by atoms with van der Waals surface area (Å²) >= 11 is 0. The van der Waals surface area contributed by atoms with Gasteiger partial charge in [0.2, 0.25) is 0 Å². The Bertz CT molecular complexity index is 422. The SMILES string of the molecule is CC(C)(CNc1ccccc1OC(F)F)C(=O)O. The van der Waals surface area contributed by atoms with Gasteiger partial charge in [0.25, 0.3) is 0 Å². The first kappa shape index (κ1) is 14.2. The number of aliphatic carboxylic acids is 1. The molecule has 1 aromatic carbocycles. The van der Waals surface area contributed by atoms with Crippen LogP contribution >= 0.6 is 0 Å². The van der Waals surface area contributed by atoms with Gasteiger partial charge in [-0.2, -0.15) is 8.78 Å². The van der Waals surface area contributed by atoms with Gasteiger partial charge in [0.05, 0.1) is 11.1 Å². The van der Waals surface area contributed by atoms with E-state index in [9.17, 15) is 13.6 Å². The third-order valence-corrected chi connectivity index (χ3v) is 2.40. The molecule has 0 bridgehead atoms. The first-order valence-electron chi connectivity index (χ1n) is 5.34. The summed E-state index contributed by atoms with van der Waals surface area (Å²) in [6.07, 6.45) is 0. The molecule has 0 heterocycles. The molecule has 0 spiro atoms. The summed E-state index contributed by atoms with van der Waals surface area (Å²) < 4.78 is 28.6. The van der Waals surface area contributed by atoms with Crippen molar-refractivity contribution >= 4 is 11.7 Å². The van der Waals surface area contributed by atoms with Crippen LogP contribution in [0.15, 0.2) is 24.3 Å². The van der Waals surface area contributed by atoms with Crippen molar-refractivity contribution in [2.45, 2.75) is 20.5 Å². The summed E-state index contributed by atoms with van der Waals surface area (Å²) in [6.45, 7) is 0.268. The van der Waals surface area contributed by atoms with Crippen molar-refractivity contribution in [3.05, 3.63) is 24.3 Å². The van der Waals surface area contributed by atoms with E-state index < -0.39 is 18.0 Å². The van der Waals surface area contributed by atoms with Gasteiger partial charge in [-0.05, 0) is 26.0 Å². The third-order valence-electron chi connectivity index (χ3n) is 2.40. The summed E-state index contributed by atoms with van der Waals surface area (Å²) in [4.78, 5) is 10.9. The minimum atomic E-state index is -2.92. The number of hydrogen-bond acceptors (Lipinski definition) is 3. The van der Waals surface area contributed by atoms with Gasteiger partial charge in [-0.25, -0.2) is 0 Å². The molecule has 0 radical (unpaired) electrons. The van der Waals surface area contributed by atoms with Crippen molar-refractivity contribution in [3.63, 3.8) is 0 Å². The van der Waals surface area contributed by atoms with Crippen LogP contribution in [0.4, 0.5) is 14.5 Å². The van der Waals surface area contributed by atoms with E-state index >= 15 is 0 Å². The van der Waals surface area contributed by atoms with E-state index in [4.69, 9.17) is 5.11 Å². The van der Waals surface area contributed by atoms with E-state index in [1.54, 1.807) is 32.0 Å². The predicted molar refractivity (Wildman–Crippen MR) is 63.0 cm³/mol. The zero-order chi connectivity index (χ0) is 13.8. The fourth-order valence-corrected chi connectivity index (χ4v) is 1.20. The number of carboxylic acids is 1. The number of hydrogen-bond donors (Lipinski definition) is 2. The third kappa shape index (κ3) is 3.87. The highest BCUT2D eigenvalue weighted by Crippen LogP contribution is 2.27. The highest BCUT2D eigenvalue weighted by molar-refractivity contribution is 5.74. The molecule has 2 N–H and O–H groups in total. The quantitative estimate of drug-likeness (QED) is 0.824. The first-order valence-corrected chi connectivity index (χ1v) is 5.34. The number of carbonyl (C=O) groups is 1. The lowest BCUT2D eigenvalue weighted by atomic mass is 9.94. The van der Waals surface area contributed by atoms with Crippen molar-refractivity contribution in [3.8, 4) is 5.75 Å². The smallest absolute Gasteiger partial charge is 0.387 e. The number of rotatable bonds is 6. The van der Waals surface area contributed by atoms with Gasteiger partial charge in [0.15, 0.2) is 0 Å². The maximum Gasteiger partial charge on any atom is 0.387 e. The van der Waals surface area contributed by atoms with Crippen molar-refractivity contribution in [1.29, 1.82) is 0 Å². The second-order valence-electron chi connectivity index (χ2n) is 4.42. The Morgan fingerprint density at radius 3 is 2.61 bits per heavy atom. The molecule has 1 aromatic rings. The first-order chi connectivity index (χ1) is 8.33. The molecule has 18 heavy (non-hydrogen) atoms. The van der Waals surface area contributed by atoms with Gasteiger partial charge < -0.3 is 15.2 Å². The number of anilines is 1. The van der Waals surface area contributed by atoms with E-state index in [1.807, 2.05) is 0 Å². The molecule has 0 atom stereocenters. The van der Waals surface area contributed by atoms with Crippen molar-refractivity contribution in [2.24, 2.45) is 5.41 Å². The van der Waals surface area contributed by atoms with Crippen LogP contribution in [0.3, 0.4) is 0 Å². The van der Waals surface area contributed by atoms with Gasteiger partial charge in [-0.15, -0.1) is 0 Å². The number of alkyl halides is 2. The van der Waals surface area contributed by atoms with Crippen LogP contribution < -0.4 is 10.1 Å². The Morgan fingerprint density at radius 1 is 1.44 bits per heavy atom. The van der Waals surface area contributed by atoms with Gasteiger partial charge in [0.1, 0.15) is 5.75 Å². The number of nitrogens with one attached hydrogen (secondary N) is 1. The summed E-state index contributed by atoms with van der Waals surface area (Å²) in [7, 11) is 0. The molecule has 4 nitrogen and oxygen atoms in total. The Hall–Kier alpha value is -1.85. The summed E-state index contributed by atoms with van der Waals surface area (Å²) in [5, 5.41) is 11.7. The maximum atomic E-state index is 12.2. The largest absolute Gasteiger partial charge is 0.481 e. The van der Waals surface area contributed by atoms with E-state index in [2.05, 4.69) is 10.1 Å². The van der Waals surface area contributed by atoms with Gasteiger partial charge >= 0.3 is 12.6 Å². The molecule has 100 valence electrons. The number of carboxylic acid groups (broad SMARTS) is 1. The summed E-state index contributed by atoms with van der Waals surface area (Å²) in [5.41, 5.74) is -0.662. The highest BCUT2D eigenvalue weighted by Gasteiger charge is 2.27. The minimum absolute atomic E-state index is 0.00584. The van der Waals surface area contributed by atoms with Gasteiger partial charge in [-0.1, -0.05) is 12.1 Å². The van der Waals surface area contributed by atoms with E-state index in [0.29, 0.717) is 5.69 Å². The molecule has 0 fully saturated rings. The second kappa shape index (κ2) is 5.66. The van der Waals surface area contributed by atoms with Crippen LogP contribution in [0.1, 0.15) is 13.8 Å². The van der Waals surface area contributed by atoms with E-state index in [-0.39, 0.29) is 12.3 Å². The van der Waals surface area contributed by atoms with Crippen LogP contribution in [0.5, 0.6) is 5.75 Å². The standard InChI is InChI=1S/C12H15F2NO3/c1-12(2,10(16)17)7-15-8-5-3-4-6-9(8)18-11(13)14/h3-6,11,15H,7H2,1-2H3,(H,16,17). The molecule has 0 aliphatic carbocycles. The zero-order valence-corrected chi connectivity index (χ0v) is 10.1. The number of para-hydroxylation sites is 2. The van der Waals surface area contributed by atoms with Gasteiger partial charge in [0, 0.05) is 6.54 Å². The van der Waals surface area contributed by atoms with Gasteiger partial charge in [-0.3, -0.25) is 4.79 Å². The van der Waals surface area contributed by atoms with Crippen molar-refractivity contribution in [2.75, 3.05) is 11.9 Å². The molecular formula is C12H15F2NO3. The Kier molecular flexibility index (Phi) is 4.47. The molecule has 6 heteroatoms. The fourth-order valence-electron chi connectivity index (χ4n) is 1.20. The predicted octanol–water partition coefficient (Wildman–Crippen LogP) is 2.81. The molecule has 0 unspecified atom stereocenters. The zero-order valence-electron chi connectivity index (χ0n) is 10.1. The molecule has 0 aliphatic heterocycles. The van der Waals surface area contributed by atoms with E-state index in [1.165, 1.54) is 6.07 Å². The average molecular weight is 259 g/mol. The molecular weight excluding hydrogens is 244 g/mol. The highest BCUT2D eigenvalue weighted by atomic mass is 19.3. The van der Waals surface area contributed by atoms with Crippen LogP contribution in [0, 0.1) is 5.41 Å². The number of halogens is 2. The lowest BCUT2D eigenvalue weighted by molar-refractivity contribution is -0.146. The normalized spacial score (nSPS) is 11.4. The van der Waals surface area contributed by atoms with Crippen molar-refractivity contribution < 1.29 is 23.4 Å². The van der Waals surface area contributed by atoms with Crippen LogP contribution in [-0.4, -0.2) is 24.2 Å².